The maximum Gasteiger partial charge on any atom is 0.522 e. The molecule has 7 nitrogen and oxygen atoms in total. The fourth-order valence-corrected chi connectivity index (χ4v) is 3.44. The molecule has 0 saturated carbocycles. The van der Waals surface area contributed by atoms with Gasteiger partial charge in [0.2, 0.25) is 5.95 Å². The summed E-state index contributed by atoms with van der Waals surface area (Å²) in [5, 5.41) is 3.32. The summed E-state index contributed by atoms with van der Waals surface area (Å²) >= 11 is 0. The average Bonchev–Trinajstić information content (AvgIpc) is 3.18. The number of halogens is 6. The maximum absolute atomic E-state index is 13.2. The molecule has 0 aliphatic carbocycles. The summed E-state index contributed by atoms with van der Waals surface area (Å²) in [6.07, 6.45) is -7.79. The molecule has 4 heterocycles. The number of hydrogen-bond donors (Lipinski definition) is 1. The van der Waals surface area contributed by atoms with E-state index in [0.29, 0.717) is 5.39 Å². The molecule has 0 amide bonds. The number of pyridine rings is 2. The van der Waals surface area contributed by atoms with Crippen LogP contribution < -0.4 is 10.2 Å². The van der Waals surface area contributed by atoms with Gasteiger partial charge < -0.3 is 10.2 Å². The first-order valence-corrected chi connectivity index (χ1v) is 9.47. The van der Waals surface area contributed by atoms with Gasteiger partial charge in [0.15, 0.2) is 5.65 Å². The topological polar surface area (TPSA) is 76.1 Å². The highest BCUT2D eigenvalue weighted by molar-refractivity contribution is 5.87. The Morgan fingerprint density at radius 2 is 1.78 bits per heavy atom. The number of nitrogens with zero attached hydrogens (tertiary/aromatic N) is 5. The van der Waals surface area contributed by atoms with Gasteiger partial charge in [-0.15, -0.1) is 13.2 Å². The third kappa shape index (κ3) is 4.98. The van der Waals surface area contributed by atoms with E-state index < -0.39 is 24.3 Å². The lowest BCUT2D eigenvalue weighted by Crippen LogP contribution is -2.28. The van der Waals surface area contributed by atoms with Gasteiger partial charge in [-0.2, -0.15) is 23.1 Å². The van der Waals surface area contributed by atoms with Crippen LogP contribution in [0.4, 0.5) is 38.1 Å². The summed E-state index contributed by atoms with van der Waals surface area (Å²) in [4.78, 5) is 17.7. The monoisotopic (exact) mass is 458 g/mol. The predicted molar refractivity (Wildman–Crippen MR) is 102 cm³/mol. The standard InChI is InChI=1S/C19H16F6N6O/c20-18(21,22)14-11(3-1-6-26-14)9-28-16-13-4-2-7-27-15(13)29-17(30-16)31-8-5-12(10-31)32-19(23,24)25/h1-4,6-7,12H,5,8-10H2,(H,27,28,29,30). The third-order valence-electron chi connectivity index (χ3n) is 4.79. The van der Waals surface area contributed by atoms with Crippen LogP contribution in [0.5, 0.6) is 0 Å². The first-order valence-electron chi connectivity index (χ1n) is 9.47. The zero-order valence-corrected chi connectivity index (χ0v) is 16.3. The Morgan fingerprint density at radius 3 is 2.53 bits per heavy atom. The molecule has 1 atom stereocenters. The van der Waals surface area contributed by atoms with E-state index >= 15 is 0 Å². The van der Waals surface area contributed by atoms with Crippen LogP contribution in [0.2, 0.25) is 0 Å². The molecule has 170 valence electrons. The van der Waals surface area contributed by atoms with Crippen molar-refractivity contribution in [2.75, 3.05) is 23.3 Å². The molecule has 0 spiro atoms. The van der Waals surface area contributed by atoms with E-state index in [-0.39, 0.29) is 49.0 Å². The highest BCUT2D eigenvalue weighted by Gasteiger charge is 2.37. The van der Waals surface area contributed by atoms with Gasteiger partial charge in [0.25, 0.3) is 0 Å². The van der Waals surface area contributed by atoms with Crippen molar-refractivity contribution in [3.63, 3.8) is 0 Å². The average molecular weight is 458 g/mol. The Kier molecular flexibility index (Phi) is 5.75. The van der Waals surface area contributed by atoms with Crippen LogP contribution >= 0.6 is 0 Å². The fourth-order valence-electron chi connectivity index (χ4n) is 3.44. The van der Waals surface area contributed by atoms with Gasteiger partial charge in [-0.25, -0.2) is 4.98 Å². The highest BCUT2D eigenvalue weighted by Crippen LogP contribution is 2.31. The molecular formula is C19H16F6N6O. The van der Waals surface area contributed by atoms with E-state index in [4.69, 9.17) is 0 Å². The highest BCUT2D eigenvalue weighted by atomic mass is 19.4. The van der Waals surface area contributed by atoms with E-state index in [1.165, 1.54) is 23.2 Å². The number of alkyl halides is 6. The van der Waals surface area contributed by atoms with E-state index in [0.717, 1.165) is 6.20 Å². The summed E-state index contributed by atoms with van der Waals surface area (Å²) < 4.78 is 81.3. The van der Waals surface area contributed by atoms with Crippen LogP contribution in [-0.2, 0) is 17.5 Å². The molecule has 4 rings (SSSR count). The van der Waals surface area contributed by atoms with Crippen molar-refractivity contribution in [3.8, 4) is 0 Å². The minimum absolute atomic E-state index is 0.0852. The summed E-state index contributed by atoms with van der Waals surface area (Å²) in [6, 6.07) is 5.94. The summed E-state index contributed by atoms with van der Waals surface area (Å²) in [7, 11) is 0. The molecule has 1 unspecified atom stereocenters. The van der Waals surface area contributed by atoms with Crippen LogP contribution in [0.25, 0.3) is 11.0 Å². The molecule has 3 aromatic rings. The van der Waals surface area contributed by atoms with Gasteiger partial charge >= 0.3 is 12.5 Å². The van der Waals surface area contributed by atoms with Crippen LogP contribution in [0.15, 0.2) is 36.7 Å². The molecular weight excluding hydrogens is 442 g/mol. The summed E-state index contributed by atoms with van der Waals surface area (Å²) in [6.45, 7) is -0.0968. The lowest BCUT2D eigenvalue weighted by Gasteiger charge is -2.19. The molecule has 1 aliphatic rings. The Balaban J connectivity index is 1.60. The fraction of sp³-hybridized carbons (Fsp3) is 0.368. The second-order valence-corrected chi connectivity index (χ2v) is 7.03. The van der Waals surface area contributed by atoms with E-state index in [1.54, 1.807) is 12.1 Å². The molecule has 1 aliphatic heterocycles. The lowest BCUT2D eigenvalue weighted by molar-refractivity contribution is -0.339. The first kappa shape index (κ1) is 22.0. The van der Waals surface area contributed by atoms with Gasteiger partial charge in [0.1, 0.15) is 11.5 Å². The van der Waals surface area contributed by atoms with Crippen molar-refractivity contribution in [2.24, 2.45) is 0 Å². The van der Waals surface area contributed by atoms with Gasteiger partial charge in [-0.3, -0.25) is 9.72 Å². The van der Waals surface area contributed by atoms with Gasteiger partial charge in [-0.1, -0.05) is 6.07 Å². The molecule has 1 fully saturated rings. The summed E-state index contributed by atoms with van der Waals surface area (Å²) in [5.74, 6) is 0.310. The largest absolute Gasteiger partial charge is 0.522 e. The van der Waals surface area contributed by atoms with Gasteiger partial charge in [0, 0.05) is 37.6 Å². The van der Waals surface area contributed by atoms with Gasteiger partial charge in [-0.05, 0) is 24.6 Å². The van der Waals surface area contributed by atoms with Gasteiger partial charge in [0.05, 0.1) is 11.5 Å². The number of anilines is 2. The van der Waals surface area contributed by atoms with E-state index in [9.17, 15) is 26.3 Å². The normalized spacial score (nSPS) is 17.2. The lowest BCUT2D eigenvalue weighted by atomic mass is 10.2. The molecule has 13 heteroatoms. The molecule has 1 N–H and O–H groups in total. The SMILES string of the molecule is FC(F)(F)OC1CCN(c2nc(NCc3cccnc3C(F)(F)F)c3cccnc3n2)C1. The van der Waals surface area contributed by atoms with Crippen LogP contribution in [-0.4, -0.2) is 45.5 Å². The number of hydrogen-bond acceptors (Lipinski definition) is 7. The van der Waals surface area contributed by atoms with Crippen LogP contribution in [0.3, 0.4) is 0 Å². The van der Waals surface area contributed by atoms with Crippen molar-refractivity contribution >= 4 is 22.8 Å². The van der Waals surface area contributed by atoms with Crippen molar-refractivity contribution in [2.45, 2.75) is 31.6 Å². The van der Waals surface area contributed by atoms with E-state index in [1.807, 2.05) is 0 Å². The predicted octanol–water partition coefficient (Wildman–Crippen LogP) is 4.17. The third-order valence-corrected chi connectivity index (χ3v) is 4.79. The molecule has 0 radical (unpaired) electrons. The minimum atomic E-state index is -4.75. The Hall–Kier alpha value is -3.22. The molecule has 0 bridgehead atoms. The summed E-state index contributed by atoms with van der Waals surface area (Å²) in [5.41, 5.74) is -0.852. The number of nitrogens with one attached hydrogen (secondary N) is 1. The smallest absolute Gasteiger partial charge is 0.365 e. The molecule has 1 saturated heterocycles. The minimum Gasteiger partial charge on any atom is -0.365 e. The van der Waals surface area contributed by atoms with Crippen molar-refractivity contribution < 1.29 is 31.1 Å². The zero-order valence-electron chi connectivity index (χ0n) is 16.3. The number of rotatable bonds is 5. The quantitative estimate of drug-likeness (QED) is 0.576. The number of aromatic nitrogens is 4. The maximum atomic E-state index is 13.2. The number of fused-ring (bicyclic) bond motifs is 1. The molecule has 0 aromatic carbocycles. The second kappa shape index (κ2) is 8.37. The molecule has 32 heavy (non-hydrogen) atoms. The van der Waals surface area contributed by atoms with Crippen LogP contribution in [0, 0.1) is 0 Å². The Labute approximate surface area is 177 Å². The first-order chi connectivity index (χ1) is 15.1. The van der Waals surface area contributed by atoms with Crippen LogP contribution in [0.1, 0.15) is 17.7 Å². The Bertz CT molecular complexity index is 1110. The molecule has 3 aromatic heterocycles. The van der Waals surface area contributed by atoms with Crippen molar-refractivity contribution in [1.82, 2.24) is 19.9 Å². The Morgan fingerprint density at radius 1 is 1.03 bits per heavy atom. The number of ether oxygens (including phenoxy) is 1. The zero-order chi connectivity index (χ0) is 22.9. The van der Waals surface area contributed by atoms with E-state index in [2.05, 4.69) is 30.0 Å². The van der Waals surface area contributed by atoms with Crippen molar-refractivity contribution in [1.29, 1.82) is 0 Å². The second-order valence-electron chi connectivity index (χ2n) is 7.03. The van der Waals surface area contributed by atoms with Crippen molar-refractivity contribution in [3.05, 3.63) is 47.9 Å².